The van der Waals surface area contributed by atoms with Crippen LogP contribution >= 0.6 is 12.2 Å². The predicted octanol–water partition coefficient (Wildman–Crippen LogP) is 3.64. The lowest BCUT2D eigenvalue weighted by Gasteiger charge is -2.24. The molecule has 0 spiro atoms. The summed E-state index contributed by atoms with van der Waals surface area (Å²) in [6.45, 7) is 3.28. The van der Waals surface area contributed by atoms with Gasteiger partial charge in [-0.1, -0.05) is 43.8 Å². The fraction of sp³-hybridized carbons (Fsp3) is 0.412. The van der Waals surface area contributed by atoms with Crippen LogP contribution in [0.3, 0.4) is 0 Å². The van der Waals surface area contributed by atoms with Crippen molar-refractivity contribution in [3.8, 4) is 0 Å². The maximum Gasteiger partial charge on any atom is 0.130 e. The number of rotatable bonds is 6. The Morgan fingerprint density at radius 2 is 2.14 bits per heavy atom. The minimum absolute atomic E-state index is 0.445. The molecule has 0 amide bonds. The maximum absolute atomic E-state index is 5.93. The Bertz CT molecular complexity index is 664. The number of pyridine rings is 1. The number of benzene rings is 1. The summed E-state index contributed by atoms with van der Waals surface area (Å²) in [5.41, 5.74) is 7.84. The van der Waals surface area contributed by atoms with Crippen molar-refractivity contribution in [1.29, 1.82) is 0 Å². The van der Waals surface area contributed by atoms with Gasteiger partial charge in [0.2, 0.25) is 0 Å². The number of nitrogens with two attached hydrogens (primary N) is 1. The van der Waals surface area contributed by atoms with Crippen LogP contribution in [-0.4, -0.2) is 22.6 Å². The van der Waals surface area contributed by atoms with Gasteiger partial charge in [0.15, 0.2) is 0 Å². The second-order valence-electron chi connectivity index (χ2n) is 5.69. The summed E-state index contributed by atoms with van der Waals surface area (Å²) in [4.78, 5) is 7.72. The predicted molar refractivity (Wildman–Crippen MR) is 92.9 cm³/mol. The Kier molecular flexibility index (Phi) is 4.06. The van der Waals surface area contributed by atoms with Crippen molar-refractivity contribution in [1.82, 2.24) is 4.98 Å². The van der Waals surface area contributed by atoms with Gasteiger partial charge in [-0.3, -0.25) is 0 Å². The standard InChI is InChI=1S/C17H21N3S/c1-2-3-10-20(12-8-9-12)16-11-14(17(18)21)13-6-4-5-7-15(13)19-16/h4-7,11-12H,2-3,8-10H2,1H3,(H2,18,21). The third-order valence-corrected chi connectivity index (χ3v) is 4.22. The molecule has 1 fully saturated rings. The molecule has 2 aromatic rings. The summed E-state index contributed by atoms with van der Waals surface area (Å²) < 4.78 is 0. The van der Waals surface area contributed by atoms with Gasteiger partial charge in [-0.05, 0) is 31.4 Å². The van der Waals surface area contributed by atoms with E-state index in [1.165, 1.54) is 25.7 Å². The summed E-state index contributed by atoms with van der Waals surface area (Å²) in [5, 5.41) is 1.04. The Hall–Kier alpha value is -1.68. The number of unbranched alkanes of at least 4 members (excludes halogenated alkanes) is 1. The molecule has 0 aliphatic heterocycles. The fourth-order valence-electron chi connectivity index (χ4n) is 2.71. The molecule has 0 saturated heterocycles. The second kappa shape index (κ2) is 5.98. The summed E-state index contributed by atoms with van der Waals surface area (Å²) in [7, 11) is 0. The van der Waals surface area contributed by atoms with E-state index in [1.807, 2.05) is 24.3 Å². The first-order chi connectivity index (χ1) is 10.2. The largest absolute Gasteiger partial charge is 0.389 e. The van der Waals surface area contributed by atoms with Crippen LogP contribution in [0, 0.1) is 0 Å². The number of nitrogens with zero attached hydrogens (tertiary/aromatic N) is 2. The third-order valence-electron chi connectivity index (χ3n) is 4.00. The number of hydrogen-bond acceptors (Lipinski definition) is 3. The molecule has 1 aromatic heterocycles. The zero-order valence-electron chi connectivity index (χ0n) is 12.4. The number of aromatic nitrogens is 1. The average Bonchev–Trinajstić information content (AvgIpc) is 3.31. The molecule has 4 heteroatoms. The van der Waals surface area contributed by atoms with Crippen molar-refractivity contribution in [2.45, 2.75) is 38.6 Å². The van der Waals surface area contributed by atoms with Gasteiger partial charge in [-0.15, -0.1) is 0 Å². The number of fused-ring (bicyclic) bond motifs is 1. The van der Waals surface area contributed by atoms with E-state index in [-0.39, 0.29) is 0 Å². The number of thiocarbonyl (C=S) groups is 1. The highest BCUT2D eigenvalue weighted by Gasteiger charge is 2.30. The SMILES string of the molecule is CCCCN(c1cc(C(N)=S)c2ccccc2n1)C1CC1. The zero-order chi connectivity index (χ0) is 14.8. The summed E-state index contributed by atoms with van der Waals surface area (Å²) in [6, 6.07) is 10.8. The summed E-state index contributed by atoms with van der Waals surface area (Å²) >= 11 is 5.24. The highest BCUT2D eigenvalue weighted by molar-refractivity contribution is 7.80. The van der Waals surface area contributed by atoms with E-state index >= 15 is 0 Å². The first kappa shape index (κ1) is 14.3. The van der Waals surface area contributed by atoms with Crippen molar-refractivity contribution in [2.75, 3.05) is 11.4 Å². The molecule has 0 unspecified atom stereocenters. The van der Waals surface area contributed by atoms with Gasteiger partial charge < -0.3 is 10.6 Å². The van der Waals surface area contributed by atoms with Gasteiger partial charge in [-0.2, -0.15) is 0 Å². The topological polar surface area (TPSA) is 42.1 Å². The molecule has 21 heavy (non-hydrogen) atoms. The molecule has 1 aromatic carbocycles. The van der Waals surface area contributed by atoms with Crippen LogP contribution in [0.15, 0.2) is 30.3 Å². The summed E-state index contributed by atoms with van der Waals surface area (Å²) in [5.74, 6) is 1.02. The monoisotopic (exact) mass is 299 g/mol. The van der Waals surface area contributed by atoms with Crippen molar-refractivity contribution in [2.24, 2.45) is 5.73 Å². The van der Waals surface area contributed by atoms with Crippen molar-refractivity contribution in [3.05, 3.63) is 35.9 Å². The molecule has 1 aliphatic rings. The van der Waals surface area contributed by atoms with Crippen molar-refractivity contribution < 1.29 is 0 Å². The molecule has 110 valence electrons. The van der Waals surface area contributed by atoms with E-state index in [9.17, 15) is 0 Å². The first-order valence-corrected chi connectivity index (χ1v) is 8.07. The van der Waals surface area contributed by atoms with Crippen LogP contribution < -0.4 is 10.6 Å². The molecular formula is C17H21N3S. The van der Waals surface area contributed by atoms with Crippen LogP contribution in [-0.2, 0) is 0 Å². The molecule has 0 atom stereocenters. The Balaban J connectivity index is 2.06. The van der Waals surface area contributed by atoms with E-state index < -0.39 is 0 Å². The molecule has 0 bridgehead atoms. The van der Waals surface area contributed by atoms with Gasteiger partial charge in [-0.25, -0.2) is 4.98 Å². The van der Waals surface area contributed by atoms with Gasteiger partial charge in [0.25, 0.3) is 0 Å². The van der Waals surface area contributed by atoms with E-state index in [0.29, 0.717) is 11.0 Å². The molecule has 3 rings (SSSR count). The molecule has 3 nitrogen and oxygen atoms in total. The third kappa shape index (κ3) is 3.00. The van der Waals surface area contributed by atoms with E-state index in [0.717, 1.165) is 28.8 Å². The van der Waals surface area contributed by atoms with Gasteiger partial charge in [0, 0.05) is 23.5 Å². The van der Waals surface area contributed by atoms with Crippen molar-refractivity contribution in [3.63, 3.8) is 0 Å². The minimum atomic E-state index is 0.445. The van der Waals surface area contributed by atoms with Crippen molar-refractivity contribution >= 4 is 33.9 Å². The van der Waals surface area contributed by atoms with Gasteiger partial charge in [0.05, 0.1) is 5.52 Å². The average molecular weight is 299 g/mol. The Morgan fingerprint density at radius 1 is 1.38 bits per heavy atom. The minimum Gasteiger partial charge on any atom is -0.389 e. The number of hydrogen-bond donors (Lipinski definition) is 1. The van der Waals surface area contributed by atoms with Crippen LogP contribution in [0.1, 0.15) is 38.2 Å². The molecule has 1 heterocycles. The molecule has 2 N–H and O–H groups in total. The molecule has 1 saturated carbocycles. The molecular weight excluding hydrogens is 278 g/mol. The lowest BCUT2D eigenvalue weighted by Crippen LogP contribution is -2.28. The molecule has 0 radical (unpaired) electrons. The number of anilines is 1. The highest BCUT2D eigenvalue weighted by atomic mass is 32.1. The molecule has 1 aliphatic carbocycles. The first-order valence-electron chi connectivity index (χ1n) is 7.67. The van der Waals surface area contributed by atoms with E-state index in [4.69, 9.17) is 22.9 Å². The number of para-hydroxylation sites is 1. The summed E-state index contributed by atoms with van der Waals surface area (Å²) in [6.07, 6.45) is 4.91. The fourth-order valence-corrected chi connectivity index (χ4v) is 2.88. The normalized spacial score (nSPS) is 14.3. The quantitative estimate of drug-likeness (QED) is 0.827. The Morgan fingerprint density at radius 3 is 2.81 bits per heavy atom. The van der Waals surface area contributed by atoms with Crippen LogP contribution in [0.4, 0.5) is 5.82 Å². The van der Waals surface area contributed by atoms with Crippen LogP contribution in [0.25, 0.3) is 10.9 Å². The Labute approximate surface area is 131 Å². The lowest BCUT2D eigenvalue weighted by molar-refractivity contribution is 0.706. The van der Waals surface area contributed by atoms with Crippen LogP contribution in [0.5, 0.6) is 0 Å². The smallest absolute Gasteiger partial charge is 0.130 e. The lowest BCUT2D eigenvalue weighted by atomic mass is 10.1. The van der Waals surface area contributed by atoms with E-state index in [1.54, 1.807) is 0 Å². The zero-order valence-corrected chi connectivity index (χ0v) is 13.2. The van der Waals surface area contributed by atoms with Gasteiger partial charge in [0.1, 0.15) is 10.8 Å². The maximum atomic E-state index is 5.93. The second-order valence-corrected chi connectivity index (χ2v) is 6.13. The highest BCUT2D eigenvalue weighted by Crippen LogP contribution is 2.33. The van der Waals surface area contributed by atoms with Gasteiger partial charge >= 0.3 is 0 Å². The van der Waals surface area contributed by atoms with E-state index in [2.05, 4.69) is 17.9 Å². The van der Waals surface area contributed by atoms with Crippen LogP contribution in [0.2, 0.25) is 0 Å².